The molecule has 3 N–H and O–H groups in total. The molecule has 154 valence electrons. The lowest BCUT2D eigenvalue weighted by Gasteiger charge is -2.33. The van der Waals surface area contributed by atoms with E-state index in [9.17, 15) is 14.4 Å². The summed E-state index contributed by atoms with van der Waals surface area (Å²) in [5, 5.41) is 3.43. The number of carbonyl (C=O) groups is 3. The molecule has 1 saturated carbocycles. The molecule has 2 aliphatic rings. The van der Waals surface area contributed by atoms with Crippen molar-refractivity contribution in [3.63, 3.8) is 0 Å². The molecule has 1 aromatic rings. The normalized spacial score (nSPS) is 17.2. The van der Waals surface area contributed by atoms with Gasteiger partial charge in [0, 0.05) is 16.3 Å². The minimum absolute atomic E-state index is 0.00449. The molecule has 1 fully saturated rings. The maximum Gasteiger partial charge on any atom is 0.251 e. The molecule has 0 aliphatic heterocycles. The van der Waals surface area contributed by atoms with Crippen molar-refractivity contribution < 1.29 is 14.4 Å². The number of nitrogens with one attached hydrogen (secondary N) is 1. The average Bonchev–Trinajstić information content (AvgIpc) is 3.25. The van der Waals surface area contributed by atoms with Crippen molar-refractivity contribution >= 4 is 34.1 Å². The molecule has 0 radical (unpaired) electrons. The van der Waals surface area contributed by atoms with Crippen molar-refractivity contribution in [1.29, 1.82) is 0 Å². The molecule has 3 amide bonds. The van der Waals surface area contributed by atoms with Crippen LogP contribution in [0.1, 0.15) is 80.1 Å². The molecule has 0 atom stereocenters. The quantitative estimate of drug-likeness (QED) is 0.785. The third-order valence-electron chi connectivity index (χ3n) is 5.65. The summed E-state index contributed by atoms with van der Waals surface area (Å²) in [5.74, 6) is -0.756. The summed E-state index contributed by atoms with van der Waals surface area (Å²) in [6.45, 7) is 5.66. The highest BCUT2D eigenvalue weighted by Gasteiger charge is 2.35. The van der Waals surface area contributed by atoms with E-state index in [-0.39, 0.29) is 24.4 Å². The Hall–Kier alpha value is -1.89. The van der Waals surface area contributed by atoms with Gasteiger partial charge in [-0.25, -0.2) is 0 Å². The second kappa shape index (κ2) is 8.23. The number of rotatable bonds is 5. The van der Waals surface area contributed by atoms with E-state index in [4.69, 9.17) is 5.73 Å². The van der Waals surface area contributed by atoms with Gasteiger partial charge in [-0.3, -0.25) is 14.4 Å². The predicted octanol–water partition coefficient (Wildman–Crippen LogP) is 3.48. The van der Waals surface area contributed by atoms with Crippen molar-refractivity contribution in [1.82, 2.24) is 4.90 Å². The highest BCUT2D eigenvalue weighted by atomic mass is 32.1. The number of fused-ring (bicyclic) bond motifs is 1. The van der Waals surface area contributed by atoms with E-state index in [1.54, 1.807) is 4.90 Å². The smallest absolute Gasteiger partial charge is 0.251 e. The number of hydrogen-bond donors (Lipinski definition) is 2. The van der Waals surface area contributed by atoms with Gasteiger partial charge in [0.2, 0.25) is 11.8 Å². The summed E-state index contributed by atoms with van der Waals surface area (Å²) < 4.78 is 0. The average molecular weight is 406 g/mol. The van der Waals surface area contributed by atoms with Crippen LogP contribution in [-0.2, 0) is 22.4 Å². The lowest BCUT2D eigenvalue weighted by Crippen LogP contribution is -2.48. The summed E-state index contributed by atoms with van der Waals surface area (Å²) >= 11 is 1.46. The number of anilines is 1. The van der Waals surface area contributed by atoms with Crippen molar-refractivity contribution in [3.8, 4) is 0 Å². The van der Waals surface area contributed by atoms with E-state index in [2.05, 4.69) is 5.32 Å². The van der Waals surface area contributed by atoms with Gasteiger partial charge in [-0.1, -0.05) is 33.6 Å². The fourth-order valence-electron chi connectivity index (χ4n) is 4.25. The van der Waals surface area contributed by atoms with E-state index in [1.165, 1.54) is 11.3 Å². The summed E-state index contributed by atoms with van der Waals surface area (Å²) in [4.78, 5) is 40.7. The van der Waals surface area contributed by atoms with Crippen LogP contribution < -0.4 is 11.1 Å². The van der Waals surface area contributed by atoms with E-state index < -0.39 is 11.3 Å². The number of carbonyl (C=O) groups excluding carboxylic acids is 3. The number of nitrogens with two attached hydrogens (primary N) is 1. The highest BCUT2D eigenvalue weighted by Crippen LogP contribution is 2.38. The molecule has 0 spiro atoms. The van der Waals surface area contributed by atoms with Crippen LogP contribution in [0.3, 0.4) is 0 Å². The van der Waals surface area contributed by atoms with Gasteiger partial charge in [-0.05, 0) is 44.1 Å². The Labute approximate surface area is 170 Å². The number of amides is 3. The minimum atomic E-state index is -0.538. The van der Waals surface area contributed by atoms with Crippen LogP contribution in [0.5, 0.6) is 0 Å². The number of nitrogens with zero attached hydrogens (tertiary/aromatic N) is 1. The SMILES string of the molecule is CC(C)(C)C(=O)N(CC(=O)Nc1sc2c(c1C(N)=O)CCCC2)C1CCCC1. The van der Waals surface area contributed by atoms with Gasteiger partial charge in [0.15, 0.2) is 0 Å². The first-order valence-electron chi connectivity index (χ1n) is 10.2. The van der Waals surface area contributed by atoms with E-state index in [0.29, 0.717) is 10.6 Å². The van der Waals surface area contributed by atoms with Gasteiger partial charge in [0.25, 0.3) is 5.91 Å². The molecule has 2 aliphatic carbocycles. The first kappa shape index (κ1) is 20.8. The van der Waals surface area contributed by atoms with E-state index in [0.717, 1.165) is 61.8 Å². The second-order valence-electron chi connectivity index (χ2n) is 8.95. The zero-order chi connectivity index (χ0) is 20.5. The molecule has 1 heterocycles. The first-order chi connectivity index (χ1) is 13.2. The standard InChI is InChI=1S/C21H31N3O3S/c1-21(2,3)20(27)24(13-8-4-5-9-13)12-16(25)23-19-17(18(22)26)14-10-6-7-11-15(14)28-19/h13H,4-12H2,1-3H3,(H2,22,26)(H,23,25). The number of primary amides is 1. The van der Waals surface area contributed by atoms with Gasteiger partial charge in [0.1, 0.15) is 11.5 Å². The highest BCUT2D eigenvalue weighted by molar-refractivity contribution is 7.17. The van der Waals surface area contributed by atoms with Crippen molar-refractivity contribution in [3.05, 3.63) is 16.0 Å². The predicted molar refractivity (Wildman–Crippen MR) is 112 cm³/mol. The Morgan fingerprint density at radius 3 is 2.36 bits per heavy atom. The van der Waals surface area contributed by atoms with Gasteiger partial charge in [-0.15, -0.1) is 11.3 Å². The largest absolute Gasteiger partial charge is 0.365 e. The maximum absolute atomic E-state index is 12.9. The Morgan fingerprint density at radius 2 is 1.75 bits per heavy atom. The van der Waals surface area contributed by atoms with Crippen molar-refractivity contribution in [2.75, 3.05) is 11.9 Å². The zero-order valence-electron chi connectivity index (χ0n) is 17.1. The van der Waals surface area contributed by atoms with Crippen LogP contribution in [-0.4, -0.2) is 35.2 Å². The molecular weight excluding hydrogens is 374 g/mol. The molecule has 0 bridgehead atoms. The Kier molecular flexibility index (Phi) is 6.12. The maximum atomic E-state index is 12.9. The molecule has 1 aromatic heterocycles. The third-order valence-corrected chi connectivity index (χ3v) is 6.86. The summed E-state index contributed by atoms with van der Waals surface area (Å²) in [6, 6.07) is 0.115. The van der Waals surface area contributed by atoms with Crippen molar-refractivity contribution in [2.24, 2.45) is 11.1 Å². The topological polar surface area (TPSA) is 92.5 Å². The lowest BCUT2D eigenvalue weighted by atomic mass is 9.93. The summed E-state index contributed by atoms with van der Waals surface area (Å²) in [7, 11) is 0. The lowest BCUT2D eigenvalue weighted by molar-refractivity contribution is -0.144. The molecule has 7 heteroatoms. The monoisotopic (exact) mass is 405 g/mol. The van der Waals surface area contributed by atoms with Gasteiger partial charge >= 0.3 is 0 Å². The molecule has 6 nitrogen and oxygen atoms in total. The number of hydrogen-bond acceptors (Lipinski definition) is 4. The van der Waals surface area contributed by atoms with Crippen LogP contribution in [0, 0.1) is 5.41 Å². The van der Waals surface area contributed by atoms with Crippen LogP contribution in [0.2, 0.25) is 0 Å². The molecular formula is C21H31N3O3S. The van der Waals surface area contributed by atoms with Crippen molar-refractivity contribution in [2.45, 2.75) is 78.2 Å². The van der Waals surface area contributed by atoms with Crippen LogP contribution in [0.15, 0.2) is 0 Å². The third kappa shape index (κ3) is 4.40. The van der Waals surface area contributed by atoms with Crippen LogP contribution >= 0.6 is 11.3 Å². The summed E-state index contributed by atoms with van der Waals surface area (Å²) in [6.07, 6.45) is 7.93. The minimum Gasteiger partial charge on any atom is -0.365 e. The molecule has 0 aromatic carbocycles. The number of thiophene rings is 1. The Bertz CT molecular complexity index is 773. The van der Waals surface area contributed by atoms with E-state index >= 15 is 0 Å². The first-order valence-corrected chi connectivity index (χ1v) is 11.1. The molecule has 28 heavy (non-hydrogen) atoms. The summed E-state index contributed by atoms with van der Waals surface area (Å²) in [5.41, 5.74) is 6.54. The molecule has 3 rings (SSSR count). The van der Waals surface area contributed by atoms with Crippen LogP contribution in [0.4, 0.5) is 5.00 Å². The van der Waals surface area contributed by atoms with Crippen LogP contribution in [0.25, 0.3) is 0 Å². The number of aryl methyl sites for hydroxylation is 1. The molecule has 0 unspecified atom stereocenters. The zero-order valence-corrected chi connectivity index (χ0v) is 17.9. The van der Waals surface area contributed by atoms with Gasteiger partial charge in [0.05, 0.1) is 5.56 Å². The van der Waals surface area contributed by atoms with Gasteiger partial charge in [-0.2, -0.15) is 0 Å². The van der Waals surface area contributed by atoms with E-state index in [1.807, 2.05) is 20.8 Å². The Balaban J connectivity index is 1.79. The second-order valence-corrected chi connectivity index (χ2v) is 10.1. The fraction of sp³-hybridized carbons (Fsp3) is 0.667. The molecule has 0 saturated heterocycles. The van der Waals surface area contributed by atoms with Gasteiger partial charge < -0.3 is 16.0 Å². The Morgan fingerprint density at radius 1 is 1.11 bits per heavy atom. The fourth-order valence-corrected chi connectivity index (χ4v) is 5.56.